The minimum Gasteiger partial charge on any atom is -0.462 e. The summed E-state index contributed by atoms with van der Waals surface area (Å²) in [5, 5.41) is 72.5. The van der Waals surface area contributed by atoms with Gasteiger partial charge < -0.3 is 64.2 Å². The minimum absolute atomic E-state index is 0.164. The van der Waals surface area contributed by atoms with Crippen LogP contribution in [0.2, 0.25) is 0 Å². The van der Waals surface area contributed by atoms with Gasteiger partial charge in [-0.3, -0.25) is 9.59 Å². The first-order valence-corrected chi connectivity index (χ1v) is 33.6. The number of rotatable bonds is 55. The summed E-state index contributed by atoms with van der Waals surface area (Å²) in [6.45, 7) is 2.64. The van der Waals surface area contributed by atoms with Gasteiger partial charge in [0.15, 0.2) is 18.7 Å². The molecule has 11 unspecified atom stereocenters. The molecular weight excluding hydrogens is 1040 g/mol. The van der Waals surface area contributed by atoms with Crippen LogP contribution in [0.5, 0.6) is 0 Å². The molecule has 2 saturated heterocycles. The van der Waals surface area contributed by atoms with E-state index in [1.54, 1.807) is 0 Å². The average molecular weight is 1170 g/mol. The van der Waals surface area contributed by atoms with E-state index in [2.05, 4.69) is 50.3 Å². The molecule has 82 heavy (non-hydrogen) atoms. The Bertz CT molecular complexity index is 1560. The number of carbonyl (C=O) groups excluding carboxylic acids is 2. The Morgan fingerprint density at radius 3 is 1.15 bits per heavy atom. The molecule has 2 fully saturated rings. The highest BCUT2D eigenvalue weighted by Crippen LogP contribution is 2.27. The standard InChI is InChI=1S/C67H122O15/c1-3-5-7-9-11-13-15-17-19-21-23-25-27-29-31-33-35-37-39-41-43-45-47-49-58(69)77-52-55(53-78-66-65(76)63(74)61(72)57(82-66)54-79-67-64(75)62(73)60(71)56(51-68)81-67)80-59(70)50-48-46-44-42-40-38-36-34-32-30-28-26-24-22-20-18-16-14-12-10-8-6-4-2/h16,18,21-24,55-57,60-68,71-76H,3-15,17,19-20,25-54H2,1-2H3/b18-16-,23-21-,24-22-. The van der Waals surface area contributed by atoms with Crippen LogP contribution in [-0.2, 0) is 38.0 Å². The van der Waals surface area contributed by atoms with Gasteiger partial charge >= 0.3 is 11.9 Å². The lowest BCUT2D eigenvalue weighted by atomic mass is 9.98. The molecular formula is C67H122O15. The van der Waals surface area contributed by atoms with Gasteiger partial charge in [-0.2, -0.15) is 0 Å². The molecule has 0 bridgehead atoms. The summed E-state index contributed by atoms with van der Waals surface area (Å²) in [5.41, 5.74) is 0. The minimum atomic E-state index is -1.77. The van der Waals surface area contributed by atoms with Gasteiger partial charge in [-0.15, -0.1) is 0 Å². The quantitative estimate of drug-likeness (QED) is 0.0171. The van der Waals surface area contributed by atoms with Gasteiger partial charge in [-0.25, -0.2) is 0 Å². The smallest absolute Gasteiger partial charge is 0.306 e. The molecule has 15 nitrogen and oxygen atoms in total. The van der Waals surface area contributed by atoms with Crippen LogP contribution in [-0.4, -0.2) is 142 Å². The van der Waals surface area contributed by atoms with E-state index in [0.717, 1.165) is 51.4 Å². The Hall–Kier alpha value is -2.28. The first-order valence-electron chi connectivity index (χ1n) is 33.6. The zero-order valence-electron chi connectivity index (χ0n) is 51.7. The van der Waals surface area contributed by atoms with Crippen molar-refractivity contribution in [1.82, 2.24) is 0 Å². The lowest BCUT2D eigenvalue weighted by molar-refractivity contribution is -0.332. The van der Waals surface area contributed by atoms with Gasteiger partial charge in [-0.1, -0.05) is 237 Å². The molecule has 7 N–H and O–H groups in total. The second kappa shape index (κ2) is 53.0. The molecule has 0 aliphatic carbocycles. The van der Waals surface area contributed by atoms with E-state index < -0.39 is 92.7 Å². The molecule has 0 amide bonds. The lowest BCUT2D eigenvalue weighted by Crippen LogP contribution is -2.61. The second-order valence-electron chi connectivity index (χ2n) is 23.6. The molecule has 2 heterocycles. The van der Waals surface area contributed by atoms with Crippen LogP contribution in [0.15, 0.2) is 36.5 Å². The summed E-state index contributed by atoms with van der Waals surface area (Å²) in [7, 11) is 0. The molecule has 15 heteroatoms. The van der Waals surface area contributed by atoms with Gasteiger partial charge in [-0.05, 0) is 70.6 Å². The SMILES string of the molecule is CCCCCCC/C=C\C/C=C\CCCCCCCCCCCCCC(=O)OC(COC(=O)CCCCCCCCCCCCC/C=C\CCCCCCCCCC)COC1OC(COC2OC(CO)C(O)C(O)C2O)C(O)C(O)C1O. The predicted molar refractivity (Wildman–Crippen MR) is 326 cm³/mol. The predicted octanol–water partition coefficient (Wildman–Crippen LogP) is 13.2. The maximum Gasteiger partial charge on any atom is 0.306 e. The van der Waals surface area contributed by atoms with Crippen LogP contribution < -0.4 is 0 Å². The van der Waals surface area contributed by atoms with E-state index in [4.69, 9.17) is 28.4 Å². The molecule has 0 aromatic rings. The Morgan fingerprint density at radius 1 is 0.390 bits per heavy atom. The normalized spacial score (nSPS) is 23.6. The highest BCUT2D eigenvalue weighted by Gasteiger charge is 2.47. The third-order valence-electron chi connectivity index (χ3n) is 16.1. The maximum atomic E-state index is 13.1. The zero-order chi connectivity index (χ0) is 59.5. The van der Waals surface area contributed by atoms with Crippen molar-refractivity contribution in [3.05, 3.63) is 36.5 Å². The highest BCUT2D eigenvalue weighted by atomic mass is 16.7. The molecule has 2 aliphatic heterocycles. The summed E-state index contributed by atoms with van der Waals surface area (Å²) in [6.07, 6.45) is 45.9. The van der Waals surface area contributed by atoms with Crippen LogP contribution >= 0.6 is 0 Å². The topological polar surface area (TPSA) is 231 Å². The van der Waals surface area contributed by atoms with Crippen LogP contribution in [0.1, 0.15) is 284 Å². The van der Waals surface area contributed by atoms with Gasteiger partial charge in [0.25, 0.3) is 0 Å². The zero-order valence-corrected chi connectivity index (χ0v) is 51.7. The summed E-state index contributed by atoms with van der Waals surface area (Å²) in [5.74, 6) is -0.915. The molecule has 0 radical (unpaired) electrons. The number of carbonyl (C=O) groups is 2. The van der Waals surface area contributed by atoms with Gasteiger partial charge in [0.1, 0.15) is 55.4 Å². The molecule has 0 saturated carbocycles. The number of esters is 2. The van der Waals surface area contributed by atoms with E-state index in [1.807, 2.05) is 0 Å². The van der Waals surface area contributed by atoms with E-state index in [1.165, 1.54) is 193 Å². The Balaban J connectivity index is 1.69. The summed E-state index contributed by atoms with van der Waals surface area (Å²) >= 11 is 0. The number of aliphatic hydroxyl groups excluding tert-OH is 7. The van der Waals surface area contributed by atoms with E-state index in [0.29, 0.717) is 12.8 Å². The van der Waals surface area contributed by atoms with Crippen LogP contribution in [0.4, 0.5) is 0 Å². The fourth-order valence-electron chi connectivity index (χ4n) is 10.7. The monoisotopic (exact) mass is 1170 g/mol. The second-order valence-corrected chi connectivity index (χ2v) is 23.6. The van der Waals surface area contributed by atoms with Gasteiger partial charge in [0.2, 0.25) is 0 Å². The number of aliphatic hydroxyl groups is 7. The number of hydrogen-bond donors (Lipinski definition) is 7. The molecule has 0 spiro atoms. The number of hydrogen-bond acceptors (Lipinski definition) is 15. The van der Waals surface area contributed by atoms with Crippen molar-refractivity contribution >= 4 is 11.9 Å². The maximum absolute atomic E-state index is 13.1. The molecule has 2 rings (SSSR count). The van der Waals surface area contributed by atoms with Crippen LogP contribution in [0, 0.1) is 0 Å². The first-order chi connectivity index (χ1) is 40.0. The molecule has 480 valence electrons. The van der Waals surface area contributed by atoms with E-state index in [9.17, 15) is 45.3 Å². The molecule has 0 aromatic carbocycles. The third-order valence-corrected chi connectivity index (χ3v) is 16.1. The summed E-state index contributed by atoms with van der Waals surface area (Å²) in [6, 6.07) is 0. The van der Waals surface area contributed by atoms with Gasteiger partial charge in [0.05, 0.1) is 19.8 Å². The van der Waals surface area contributed by atoms with Crippen molar-refractivity contribution < 1.29 is 73.8 Å². The van der Waals surface area contributed by atoms with Gasteiger partial charge in [0, 0.05) is 12.8 Å². The molecule has 0 aromatic heterocycles. The number of unbranched alkanes of at least 4 members (excludes halogenated alkanes) is 35. The Morgan fingerprint density at radius 2 is 0.732 bits per heavy atom. The van der Waals surface area contributed by atoms with Crippen molar-refractivity contribution in [2.24, 2.45) is 0 Å². The van der Waals surface area contributed by atoms with Crippen molar-refractivity contribution in [3.63, 3.8) is 0 Å². The number of ether oxygens (including phenoxy) is 6. The van der Waals surface area contributed by atoms with Crippen molar-refractivity contribution in [2.45, 2.75) is 351 Å². The summed E-state index contributed by atoms with van der Waals surface area (Å²) in [4.78, 5) is 26.0. The molecule has 2 aliphatic rings. The van der Waals surface area contributed by atoms with Crippen molar-refractivity contribution in [3.8, 4) is 0 Å². The third kappa shape index (κ3) is 38.7. The highest BCUT2D eigenvalue weighted by molar-refractivity contribution is 5.70. The van der Waals surface area contributed by atoms with E-state index >= 15 is 0 Å². The van der Waals surface area contributed by atoms with Crippen molar-refractivity contribution in [1.29, 1.82) is 0 Å². The molecule has 11 atom stereocenters. The number of allylic oxidation sites excluding steroid dienone is 6. The average Bonchev–Trinajstić information content (AvgIpc) is 3.68. The largest absolute Gasteiger partial charge is 0.462 e. The fourth-order valence-corrected chi connectivity index (χ4v) is 10.7. The Labute approximate surface area is 497 Å². The lowest BCUT2D eigenvalue weighted by Gasteiger charge is -2.42. The van der Waals surface area contributed by atoms with Crippen molar-refractivity contribution in [2.75, 3.05) is 26.4 Å². The first kappa shape index (κ1) is 75.8. The van der Waals surface area contributed by atoms with Crippen LogP contribution in [0.3, 0.4) is 0 Å². The van der Waals surface area contributed by atoms with E-state index in [-0.39, 0.29) is 26.1 Å². The summed E-state index contributed by atoms with van der Waals surface area (Å²) < 4.78 is 33.8. The van der Waals surface area contributed by atoms with Crippen LogP contribution in [0.25, 0.3) is 0 Å². The fraction of sp³-hybridized carbons (Fsp3) is 0.881. The Kier molecular flexibility index (Phi) is 49.0.